The van der Waals surface area contributed by atoms with Crippen LogP contribution in [0.3, 0.4) is 0 Å². The van der Waals surface area contributed by atoms with Crippen molar-refractivity contribution in [2.45, 2.75) is 0 Å². The van der Waals surface area contributed by atoms with E-state index in [1.165, 1.54) is 6.07 Å². The molecular formula is C9H5BrFNO. The molecule has 66 valence electrons. The van der Waals surface area contributed by atoms with Gasteiger partial charge in [0.25, 0.3) is 0 Å². The Bertz CT molecular complexity index is 427. The summed E-state index contributed by atoms with van der Waals surface area (Å²) in [5, 5.41) is 3.61. The second-order valence-corrected chi connectivity index (χ2v) is 3.31. The van der Waals surface area contributed by atoms with Crippen molar-refractivity contribution in [3.8, 4) is 11.3 Å². The molecule has 0 spiro atoms. The Kier molecular flexibility index (Phi) is 2.14. The molecule has 0 unspecified atom stereocenters. The van der Waals surface area contributed by atoms with E-state index in [1.807, 2.05) is 0 Å². The Morgan fingerprint density at radius 1 is 1.31 bits per heavy atom. The summed E-state index contributed by atoms with van der Waals surface area (Å²) in [7, 11) is 0. The Morgan fingerprint density at radius 3 is 2.69 bits per heavy atom. The van der Waals surface area contributed by atoms with E-state index in [9.17, 15) is 4.39 Å². The molecule has 1 aromatic carbocycles. The summed E-state index contributed by atoms with van der Waals surface area (Å²) < 4.78 is 18.6. The lowest BCUT2D eigenvalue weighted by atomic mass is 10.2. The Morgan fingerprint density at radius 2 is 2.08 bits per heavy atom. The summed E-state index contributed by atoms with van der Waals surface area (Å²) in [6.45, 7) is 0. The predicted molar refractivity (Wildman–Crippen MR) is 49.6 cm³/mol. The molecule has 0 radical (unpaired) electrons. The SMILES string of the molecule is Fc1ccccc1-c1cc(Br)no1. The van der Waals surface area contributed by atoms with Crippen molar-refractivity contribution in [2.75, 3.05) is 0 Å². The van der Waals surface area contributed by atoms with Gasteiger partial charge in [0.05, 0.1) is 5.56 Å². The predicted octanol–water partition coefficient (Wildman–Crippen LogP) is 3.24. The van der Waals surface area contributed by atoms with E-state index in [1.54, 1.807) is 24.3 Å². The maximum atomic E-state index is 13.2. The molecule has 2 nitrogen and oxygen atoms in total. The zero-order valence-electron chi connectivity index (χ0n) is 6.50. The number of benzene rings is 1. The van der Waals surface area contributed by atoms with E-state index in [0.717, 1.165) is 0 Å². The van der Waals surface area contributed by atoms with Gasteiger partial charge in [0.15, 0.2) is 5.76 Å². The first kappa shape index (κ1) is 8.44. The van der Waals surface area contributed by atoms with Crippen LogP contribution in [0.1, 0.15) is 0 Å². The molecule has 1 heterocycles. The topological polar surface area (TPSA) is 26.0 Å². The summed E-state index contributed by atoms with van der Waals surface area (Å²) in [5.74, 6) is 0.108. The molecule has 1 aromatic heterocycles. The molecule has 0 aliphatic heterocycles. The van der Waals surface area contributed by atoms with Crippen LogP contribution in [0.4, 0.5) is 4.39 Å². The van der Waals surface area contributed by atoms with Gasteiger partial charge in [-0.3, -0.25) is 0 Å². The van der Waals surface area contributed by atoms with Gasteiger partial charge in [-0.05, 0) is 28.1 Å². The molecule has 0 fully saturated rings. The maximum Gasteiger partial charge on any atom is 0.170 e. The fourth-order valence-corrected chi connectivity index (χ4v) is 1.32. The molecule has 4 heteroatoms. The van der Waals surface area contributed by atoms with Gasteiger partial charge >= 0.3 is 0 Å². The third-order valence-corrected chi connectivity index (χ3v) is 1.99. The lowest BCUT2D eigenvalue weighted by molar-refractivity contribution is 0.425. The lowest BCUT2D eigenvalue weighted by Gasteiger charge is -1.95. The van der Waals surface area contributed by atoms with Crippen LogP contribution < -0.4 is 0 Å². The fourth-order valence-electron chi connectivity index (χ4n) is 1.04. The second kappa shape index (κ2) is 3.30. The van der Waals surface area contributed by atoms with Crippen molar-refractivity contribution in [3.63, 3.8) is 0 Å². The third-order valence-electron chi connectivity index (χ3n) is 1.62. The molecule has 0 saturated heterocycles. The summed E-state index contributed by atoms with van der Waals surface area (Å²) in [5.41, 5.74) is 0.417. The molecular weight excluding hydrogens is 237 g/mol. The first-order valence-corrected chi connectivity index (χ1v) is 4.44. The number of nitrogens with zero attached hydrogens (tertiary/aromatic N) is 1. The Labute approximate surface area is 82.5 Å². The first-order valence-electron chi connectivity index (χ1n) is 3.64. The minimum Gasteiger partial charge on any atom is -0.355 e. The van der Waals surface area contributed by atoms with E-state index in [-0.39, 0.29) is 5.82 Å². The molecule has 0 bridgehead atoms. The van der Waals surface area contributed by atoms with E-state index in [2.05, 4.69) is 21.1 Å². The van der Waals surface area contributed by atoms with Crippen molar-refractivity contribution in [2.24, 2.45) is 0 Å². The molecule has 0 N–H and O–H groups in total. The van der Waals surface area contributed by atoms with Crippen LogP contribution in [0.15, 0.2) is 39.5 Å². The fraction of sp³-hybridized carbons (Fsp3) is 0. The van der Waals surface area contributed by atoms with Gasteiger partial charge in [-0.2, -0.15) is 0 Å². The minimum atomic E-state index is -0.314. The number of hydrogen-bond donors (Lipinski definition) is 0. The molecule has 0 amide bonds. The van der Waals surface area contributed by atoms with Gasteiger partial charge in [0, 0.05) is 6.07 Å². The zero-order valence-corrected chi connectivity index (χ0v) is 8.08. The van der Waals surface area contributed by atoms with E-state index < -0.39 is 0 Å². The molecule has 0 aliphatic rings. The molecule has 0 atom stereocenters. The highest BCUT2D eigenvalue weighted by atomic mass is 79.9. The van der Waals surface area contributed by atoms with Gasteiger partial charge in [0.1, 0.15) is 10.4 Å². The first-order chi connectivity index (χ1) is 6.27. The van der Waals surface area contributed by atoms with Crippen LogP contribution in [-0.4, -0.2) is 5.16 Å². The van der Waals surface area contributed by atoms with Crippen LogP contribution in [0, 0.1) is 5.82 Å². The molecule has 2 rings (SSSR count). The smallest absolute Gasteiger partial charge is 0.170 e. The standard InChI is InChI=1S/C9H5BrFNO/c10-9-5-8(13-12-9)6-3-1-2-4-7(6)11/h1-5H. The highest BCUT2D eigenvalue weighted by Gasteiger charge is 2.08. The summed E-state index contributed by atoms with van der Waals surface area (Å²) >= 11 is 3.13. The van der Waals surface area contributed by atoms with Crippen LogP contribution in [0.5, 0.6) is 0 Å². The highest BCUT2D eigenvalue weighted by molar-refractivity contribution is 9.10. The minimum absolute atomic E-state index is 0.314. The van der Waals surface area contributed by atoms with Gasteiger partial charge in [-0.1, -0.05) is 17.3 Å². The van der Waals surface area contributed by atoms with Crippen LogP contribution >= 0.6 is 15.9 Å². The van der Waals surface area contributed by atoms with Crippen molar-refractivity contribution >= 4 is 15.9 Å². The van der Waals surface area contributed by atoms with Gasteiger partial charge < -0.3 is 4.52 Å². The van der Waals surface area contributed by atoms with Crippen LogP contribution in [0.2, 0.25) is 0 Å². The number of aromatic nitrogens is 1. The third kappa shape index (κ3) is 1.62. The van der Waals surface area contributed by atoms with Crippen molar-refractivity contribution in [1.29, 1.82) is 0 Å². The number of halogens is 2. The van der Waals surface area contributed by atoms with Crippen molar-refractivity contribution < 1.29 is 8.91 Å². The largest absolute Gasteiger partial charge is 0.355 e. The molecule has 2 aromatic rings. The maximum absolute atomic E-state index is 13.2. The van der Waals surface area contributed by atoms with Crippen LogP contribution in [-0.2, 0) is 0 Å². The van der Waals surface area contributed by atoms with Gasteiger partial charge in [-0.25, -0.2) is 4.39 Å². The lowest BCUT2D eigenvalue weighted by Crippen LogP contribution is -1.79. The quantitative estimate of drug-likeness (QED) is 0.767. The second-order valence-electron chi connectivity index (χ2n) is 2.49. The average molecular weight is 242 g/mol. The monoisotopic (exact) mass is 241 g/mol. The molecule has 0 aliphatic carbocycles. The van der Waals surface area contributed by atoms with Crippen molar-refractivity contribution in [1.82, 2.24) is 5.16 Å². The van der Waals surface area contributed by atoms with Gasteiger partial charge in [-0.15, -0.1) is 0 Å². The summed E-state index contributed by atoms with van der Waals surface area (Å²) in [4.78, 5) is 0. The van der Waals surface area contributed by atoms with E-state index in [0.29, 0.717) is 15.9 Å². The van der Waals surface area contributed by atoms with E-state index >= 15 is 0 Å². The van der Waals surface area contributed by atoms with E-state index in [4.69, 9.17) is 4.52 Å². The molecule has 13 heavy (non-hydrogen) atoms. The summed E-state index contributed by atoms with van der Waals surface area (Å²) in [6, 6.07) is 8.02. The van der Waals surface area contributed by atoms with Crippen molar-refractivity contribution in [3.05, 3.63) is 40.8 Å². The number of hydrogen-bond acceptors (Lipinski definition) is 2. The normalized spacial score (nSPS) is 10.3. The average Bonchev–Trinajstić information content (AvgIpc) is 2.53. The Balaban J connectivity index is 2.52. The van der Waals surface area contributed by atoms with Crippen LogP contribution in [0.25, 0.3) is 11.3 Å². The summed E-state index contributed by atoms with van der Waals surface area (Å²) in [6.07, 6.45) is 0. The Hall–Kier alpha value is -1.16. The highest BCUT2D eigenvalue weighted by Crippen LogP contribution is 2.24. The number of rotatable bonds is 1. The van der Waals surface area contributed by atoms with Gasteiger partial charge in [0.2, 0.25) is 0 Å². The zero-order chi connectivity index (χ0) is 9.26. The molecule has 0 saturated carbocycles.